The number of nitrogens with zero attached hydrogens (tertiary/aromatic N) is 1. The number of fused-ring (bicyclic) bond motifs is 4. The lowest BCUT2D eigenvalue weighted by Gasteiger charge is -2.28. The number of phenolic OH excluding ortho intramolecular Hbond substituents is 1. The van der Waals surface area contributed by atoms with Gasteiger partial charge in [0.15, 0.2) is 0 Å². The molecule has 1 aromatic heterocycles. The monoisotopic (exact) mass is 507 g/mol. The Morgan fingerprint density at radius 3 is 2.54 bits per heavy atom. The maximum absolute atomic E-state index is 10.4. The minimum atomic E-state index is -1.66. The summed E-state index contributed by atoms with van der Waals surface area (Å²) in [4.78, 5) is 4.61. The maximum Gasteiger partial charge on any atom is 0.219 e. The van der Waals surface area contributed by atoms with E-state index in [1.807, 2.05) is 25.1 Å². The molecule has 0 bridgehead atoms. The number of phenols is 1. The van der Waals surface area contributed by atoms with Crippen LogP contribution in [0.25, 0.3) is 16.7 Å². The number of hydrogen-bond acceptors (Lipinski definition) is 4. The van der Waals surface area contributed by atoms with Crippen LogP contribution in [0.3, 0.4) is 0 Å². The van der Waals surface area contributed by atoms with Crippen molar-refractivity contribution in [2.24, 2.45) is 0 Å². The lowest BCUT2D eigenvalue weighted by atomic mass is 9.84. The van der Waals surface area contributed by atoms with Crippen molar-refractivity contribution in [1.82, 2.24) is 4.98 Å². The fourth-order valence-electron chi connectivity index (χ4n) is 5.80. The van der Waals surface area contributed by atoms with Crippen LogP contribution in [0.4, 0.5) is 0 Å². The molecule has 4 aromatic rings. The van der Waals surface area contributed by atoms with Gasteiger partial charge in [-0.2, -0.15) is 0 Å². The fourth-order valence-corrected chi connectivity index (χ4v) is 6.96. The van der Waals surface area contributed by atoms with E-state index in [1.165, 1.54) is 16.3 Å². The van der Waals surface area contributed by atoms with E-state index in [-0.39, 0.29) is 23.2 Å². The summed E-state index contributed by atoms with van der Waals surface area (Å²) in [6, 6.07) is 22.7. The zero-order valence-corrected chi connectivity index (χ0v) is 23.3. The number of aromatic nitrogens is 1. The second-order valence-corrected chi connectivity index (χ2v) is 17.1. The summed E-state index contributed by atoms with van der Waals surface area (Å²) in [6.45, 7) is 13.5. The quantitative estimate of drug-likeness (QED) is 0.292. The predicted octanol–water partition coefficient (Wildman–Crippen LogP) is 7.40. The molecule has 6 rings (SSSR count). The Morgan fingerprint density at radius 1 is 0.973 bits per heavy atom. The summed E-state index contributed by atoms with van der Waals surface area (Å²) in [5, 5.41) is 12.6. The van der Waals surface area contributed by atoms with Crippen LogP contribution in [-0.4, -0.2) is 24.3 Å². The summed E-state index contributed by atoms with van der Waals surface area (Å²) < 4.78 is 13.0. The highest BCUT2D eigenvalue weighted by Crippen LogP contribution is 2.53. The second-order valence-electron chi connectivity index (χ2n) is 12.0. The van der Waals surface area contributed by atoms with Gasteiger partial charge in [0, 0.05) is 28.3 Å². The summed E-state index contributed by atoms with van der Waals surface area (Å²) in [6.07, 6.45) is 2.37. The van der Waals surface area contributed by atoms with E-state index in [4.69, 9.17) is 9.47 Å². The normalized spacial score (nSPS) is 19.8. The summed E-state index contributed by atoms with van der Waals surface area (Å²) in [5.41, 5.74) is 5.25. The van der Waals surface area contributed by atoms with Crippen molar-refractivity contribution in [2.75, 3.05) is 0 Å². The first-order valence-electron chi connectivity index (χ1n) is 12.9. The topological polar surface area (TPSA) is 51.6 Å². The Balaban J connectivity index is 1.39. The third-order valence-electron chi connectivity index (χ3n) is 7.81. The Morgan fingerprint density at radius 2 is 1.76 bits per heavy atom. The first-order chi connectivity index (χ1) is 17.5. The molecule has 1 aliphatic carbocycles. The molecular formula is C32H33NO3Si. The molecule has 0 fully saturated rings. The van der Waals surface area contributed by atoms with E-state index in [9.17, 15) is 5.11 Å². The van der Waals surface area contributed by atoms with Crippen LogP contribution >= 0.6 is 0 Å². The van der Waals surface area contributed by atoms with Gasteiger partial charge in [-0.1, -0.05) is 69.0 Å². The molecule has 37 heavy (non-hydrogen) atoms. The molecule has 0 unspecified atom stereocenters. The molecule has 5 heteroatoms. The number of aromatic hydroxyl groups is 1. The number of benzene rings is 3. The molecule has 1 N–H and O–H groups in total. The molecule has 188 valence electrons. The van der Waals surface area contributed by atoms with Crippen LogP contribution in [0, 0.1) is 6.92 Å². The zero-order valence-electron chi connectivity index (χ0n) is 22.3. The number of pyridine rings is 1. The maximum atomic E-state index is 10.4. The lowest BCUT2D eigenvalue weighted by molar-refractivity contribution is 0.118. The fraction of sp³-hybridized carbons (Fsp3) is 0.281. The molecule has 0 saturated heterocycles. The van der Waals surface area contributed by atoms with Crippen LogP contribution in [0.1, 0.15) is 42.0 Å². The Kier molecular flexibility index (Phi) is 5.29. The van der Waals surface area contributed by atoms with Crippen molar-refractivity contribution in [2.45, 2.75) is 57.8 Å². The van der Waals surface area contributed by atoms with Gasteiger partial charge in [-0.25, -0.2) is 4.98 Å². The number of rotatable bonds is 4. The van der Waals surface area contributed by atoms with Crippen molar-refractivity contribution >= 4 is 29.9 Å². The highest BCUT2D eigenvalue weighted by molar-refractivity contribution is 6.88. The average molecular weight is 508 g/mol. The summed E-state index contributed by atoms with van der Waals surface area (Å²) in [5.74, 6) is 2.51. The smallest absolute Gasteiger partial charge is 0.219 e. The third-order valence-corrected chi connectivity index (χ3v) is 9.83. The van der Waals surface area contributed by atoms with E-state index in [2.05, 4.69) is 87.0 Å². The van der Waals surface area contributed by atoms with E-state index in [0.29, 0.717) is 11.4 Å². The molecule has 3 aromatic carbocycles. The molecule has 1 aliphatic heterocycles. The number of ether oxygens (including phenoxy) is 2. The van der Waals surface area contributed by atoms with E-state index >= 15 is 0 Å². The predicted molar refractivity (Wildman–Crippen MR) is 153 cm³/mol. The summed E-state index contributed by atoms with van der Waals surface area (Å²) in [7, 11) is -1.66. The van der Waals surface area contributed by atoms with Crippen LogP contribution in [0.15, 0.2) is 72.8 Å². The molecule has 2 atom stereocenters. The lowest BCUT2D eigenvalue weighted by Crippen LogP contribution is -2.37. The SMILES string of the molecule is Cc1cc(O)c2nc(Oc3cc(C4=C[C@H]5c6ccccc6C(C)(C)[C@@H]5O4)cc([Si](C)(C)C)c3)ccc2c1. The molecule has 0 spiro atoms. The first kappa shape index (κ1) is 23.8. The molecular weight excluding hydrogens is 474 g/mol. The van der Waals surface area contributed by atoms with Gasteiger partial charge in [0.1, 0.15) is 28.9 Å². The molecule has 4 nitrogen and oxygen atoms in total. The molecule has 2 aliphatic rings. The first-order valence-corrected chi connectivity index (χ1v) is 16.4. The molecule has 0 amide bonds. The van der Waals surface area contributed by atoms with Crippen LogP contribution in [-0.2, 0) is 10.2 Å². The summed E-state index contributed by atoms with van der Waals surface area (Å²) >= 11 is 0. The van der Waals surface area contributed by atoms with Gasteiger partial charge in [0.2, 0.25) is 5.88 Å². The third kappa shape index (κ3) is 4.02. The Bertz CT molecular complexity index is 1580. The van der Waals surface area contributed by atoms with Crippen LogP contribution < -0.4 is 9.92 Å². The van der Waals surface area contributed by atoms with Gasteiger partial charge in [-0.3, -0.25) is 0 Å². The average Bonchev–Trinajstić information content (AvgIpc) is 3.37. The van der Waals surface area contributed by atoms with Crippen LogP contribution in [0.2, 0.25) is 19.6 Å². The highest BCUT2D eigenvalue weighted by atomic mass is 28.3. The van der Waals surface area contributed by atoms with Gasteiger partial charge in [0.25, 0.3) is 0 Å². The number of aryl methyl sites for hydroxylation is 1. The largest absolute Gasteiger partial charge is 0.506 e. The van der Waals surface area contributed by atoms with Crippen molar-refractivity contribution in [3.63, 3.8) is 0 Å². The van der Waals surface area contributed by atoms with Gasteiger partial charge < -0.3 is 14.6 Å². The second kappa shape index (κ2) is 8.22. The van der Waals surface area contributed by atoms with Gasteiger partial charge in [-0.05, 0) is 60.0 Å². The van der Waals surface area contributed by atoms with Crippen molar-refractivity contribution in [3.05, 3.63) is 95.1 Å². The van der Waals surface area contributed by atoms with E-state index in [0.717, 1.165) is 28.0 Å². The molecule has 0 radical (unpaired) electrons. The van der Waals surface area contributed by atoms with E-state index < -0.39 is 8.07 Å². The van der Waals surface area contributed by atoms with Crippen molar-refractivity contribution in [3.8, 4) is 17.4 Å². The van der Waals surface area contributed by atoms with Gasteiger partial charge in [-0.15, -0.1) is 0 Å². The molecule has 2 heterocycles. The Labute approximate surface area is 219 Å². The van der Waals surface area contributed by atoms with Crippen molar-refractivity contribution in [1.29, 1.82) is 0 Å². The van der Waals surface area contributed by atoms with Crippen LogP contribution in [0.5, 0.6) is 17.4 Å². The van der Waals surface area contributed by atoms with Gasteiger partial charge in [0.05, 0.1) is 8.07 Å². The minimum Gasteiger partial charge on any atom is -0.506 e. The minimum absolute atomic E-state index is 0.0649. The highest BCUT2D eigenvalue weighted by Gasteiger charge is 2.50. The Hall–Kier alpha value is -3.57. The van der Waals surface area contributed by atoms with Crippen molar-refractivity contribution < 1.29 is 14.6 Å². The van der Waals surface area contributed by atoms with E-state index in [1.54, 1.807) is 6.07 Å². The number of hydrogen-bond donors (Lipinski definition) is 1. The van der Waals surface area contributed by atoms with Gasteiger partial charge >= 0.3 is 0 Å². The standard InChI is InChI=1S/C32H33NO3Si/c1-19-13-20-11-12-29(33-30(20)27(34)14-19)35-22-15-21(16-23(17-22)37(4,5)6)28-18-25-24-9-7-8-10-26(24)32(2,3)31(25)36-28/h7-18,25,31,34H,1-6H3/t25-,31+/m0/s1. The zero-order chi connectivity index (χ0) is 26.1. The molecule has 0 saturated carbocycles.